The van der Waals surface area contributed by atoms with Crippen molar-refractivity contribution in [3.63, 3.8) is 0 Å². The maximum atomic E-state index is 10.7. The van der Waals surface area contributed by atoms with E-state index in [0.717, 1.165) is 5.56 Å². The van der Waals surface area contributed by atoms with Gasteiger partial charge in [-0.1, -0.05) is 11.6 Å². The smallest absolute Gasteiger partial charge is 0.217 e. The zero-order chi connectivity index (χ0) is 14.4. The Hall–Kier alpha value is -1.46. The Labute approximate surface area is 117 Å². The molecule has 0 aliphatic carbocycles. The van der Waals surface area contributed by atoms with Crippen LogP contribution in [-0.4, -0.2) is 20.1 Å². The quantitative estimate of drug-likeness (QED) is 0.802. The third-order valence-electron chi connectivity index (χ3n) is 2.84. The average Bonchev–Trinajstić information content (AvgIpc) is 2.37. The van der Waals surface area contributed by atoms with Gasteiger partial charge in [-0.25, -0.2) is 0 Å². The molecule has 0 aromatic heterocycles. The third kappa shape index (κ3) is 4.29. The summed E-state index contributed by atoms with van der Waals surface area (Å²) in [5.41, 5.74) is 11.9. The molecule has 0 spiro atoms. The number of ether oxygens (including phenoxy) is 2. The van der Waals surface area contributed by atoms with E-state index in [0.29, 0.717) is 35.8 Å². The molecule has 1 atom stereocenters. The third-order valence-corrected chi connectivity index (χ3v) is 3.17. The Balaban J connectivity index is 2.84. The van der Waals surface area contributed by atoms with E-state index in [4.69, 9.17) is 32.5 Å². The molecule has 1 unspecified atom stereocenters. The van der Waals surface area contributed by atoms with Crippen molar-refractivity contribution in [1.29, 1.82) is 0 Å². The molecule has 1 aromatic rings. The topological polar surface area (TPSA) is 87.6 Å². The second kappa shape index (κ2) is 7.21. The lowest BCUT2D eigenvalue weighted by Gasteiger charge is -2.16. The highest BCUT2D eigenvalue weighted by Crippen LogP contribution is 2.36. The fourth-order valence-corrected chi connectivity index (χ4v) is 2.10. The number of methoxy groups -OCH3 is 2. The summed E-state index contributed by atoms with van der Waals surface area (Å²) in [6.45, 7) is 0. The second-order valence-corrected chi connectivity index (χ2v) is 4.60. The first-order valence-electron chi connectivity index (χ1n) is 5.95. The molecule has 1 rings (SSSR count). The van der Waals surface area contributed by atoms with Gasteiger partial charge in [0, 0.05) is 23.6 Å². The van der Waals surface area contributed by atoms with Gasteiger partial charge in [0.15, 0.2) is 11.5 Å². The molecule has 0 saturated heterocycles. The minimum Gasteiger partial charge on any atom is -0.493 e. The van der Waals surface area contributed by atoms with E-state index in [9.17, 15) is 4.79 Å². The van der Waals surface area contributed by atoms with E-state index in [1.807, 2.05) is 0 Å². The molecule has 0 fully saturated rings. The Bertz CT molecular complexity index is 452. The van der Waals surface area contributed by atoms with Crippen LogP contribution in [-0.2, 0) is 4.79 Å². The molecule has 1 aromatic carbocycles. The van der Waals surface area contributed by atoms with Gasteiger partial charge in [-0.05, 0) is 24.5 Å². The number of nitrogens with two attached hydrogens (primary N) is 2. The lowest BCUT2D eigenvalue weighted by molar-refractivity contribution is -0.118. The number of hydrogen-bond acceptors (Lipinski definition) is 4. The fraction of sp³-hybridized carbons (Fsp3) is 0.462. The normalized spacial score (nSPS) is 12.0. The lowest BCUT2D eigenvalue weighted by Crippen LogP contribution is -2.14. The molecule has 0 saturated carbocycles. The number of benzene rings is 1. The molecule has 19 heavy (non-hydrogen) atoms. The average molecular weight is 287 g/mol. The molecule has 5 nitrogen and oxygen atoms in total. The lowest BCUT2D eigenvalue weighted by atomic mass is 10.0. The fourth-order valence-electron chi connectivity index (χ4n) is 1.81. The van der Waals surface area contributed by atoms with E-state index in [1.165, 1.54) is 0 Å². The highest BCUT2D eigenvalue weighted by atomic mass is 35.5. The van der Waals surface area contributed by atoms with Gasteiger partial charge in [0.25, 0.3) is 0 Å². The summed E-state index contributed by atoms with van der Waals surface area (Å²) >= 11 is 6.17. The molecule has 0 radical (unpaired) electrons. The number of carbonyl (C=O) groups is 1. The van der Waals surface area contributed by atoms with Gasteiger partial charge in [-0.15, -0.1) is 0 Å². The Morgan fingerprint density at radius 2 is 1.89 bits per heavy atom. The molecule has 0 aliphatic rings. The highest BCUT2D eigenvalue weighted by molar-refractivity contribution is 6.31. The number of amides is 1. The van der Waals surface area contributed by atoms with Crippen molar-refractivity contribution < 1.29 is 14.3 Å². The Morgan fingerprint density at radius 1 is 1.32 bits per heavy atom. The summed E-state index contributed by atoms with van der Waals surface area (Å²) in [5.74, 6) is 0.804. The van der Waals surface area contributed by atoms with Gasteiger partial charge in [0.2, 0.25) is 5.91 Å². The van der Waals surface area contributed by atoms with Crippen LogP contribution in [0.4, 0.5) is 0 Å². The second-order valence-electron chi connectivity index (χ2n) is 4.19. The van der Waals surface area contributed by atoms with E-state index in [2.05, 4.69) is 0 Å². The zero-order valence-electron chi connectivity index (χ0n) is 11.1. The number of carbonyl (C=O) groups excluding carboxylic acids is 1. The van der Waals surface area contributed by atoms with Gasteiger partial charge in [-0.3, -0.25) is 4.79 Å². The number of rotatable bonds is 7. The standard InChI is InChI=1S/C13H19ClN2O3/c1-18-11-6-8(9(14)7-12(11)19-2)10(15)4-3-5-13(16)17/h6-7,10H,3-5,15H2,1-2H3,(H2,16,17). The predicted octanol–water partition coefficient (Wildman–Crippen LogP) is 2.01. The van der Waals surface area contributed by atoms with Crippen molar-refractivity contribution in [3.8, 4) is 11.5 Å². The van der Waals surface area contributed by atoms with Crippen LogP contribution in [0.3, 0.4) is 0 Å². The van der Waals surface area contributed by atoms with Crippen molar-refractivity contribution in [2.24, 2.45) is 11.5 Å². The summed E-state index contributed by atoms with van der Waals surface area (Å²) in [5, 5.41) is 0.518. The van der Waals surface area contributed by atoms with E-state index >= 15 is 0 Å². The molecule has 0 bridgehead atoms. The molecular formula is C13H19ClN2O3. The zero-order valence-corrected chi connectivity index (χ0v) is 11.9. The number of primary amides is 1. The summed E-state index contributed by atoms with van der Waals surface area (Å²) < 4.78 is 10.4. The highest BCUT2D eigenvalue weighted by Gasteiger charge is 2.15. The van der Waals surface area contributed by atoms with Gasteiger partial charge in [0.05, 0.1) is 14.2 Å². The maximum Gasteiger partial charge on any atom is 0.217 e. The summed E-state index contributed by atoms with van der Waals surface area (Å²) in [6, 6.07) is 3.16. The summed E-state index contributed by atoms with van der Waals surface area (Å²) in [4.78, 5) is 10.7. The molecular weight excluding hydrogens is 268 g/mol. The first-order valence-corrected chi connectivity index (χ1v) is 6.32. The minimum atomic E-state index is -0.328. The van der Waals surface area contributed by atoms with Gasteiger partial charge in [-0.2, -0.15) is 0 Å². The van der Waals surface area contributed by atoms with Crippen LogP contribution in [0.25, 0.3) is 0 Å². The van der Waals surface area contributed by atoms with Gasteiger partial charge in [0.1, 0.15) is 0 Å². The van der Waals surface area contributed by atoms with Crippen molar-refractivity contribution in [3.05, 3.63) is 22.7 Å². The summed E-state index contributed by atoms with van der Waals surface area (Å²) in [7, 11) is 3.09. The van der Waals surface area contributed by atoms with Gasteiger partial charge >= 0.3 is 0 Å². The molecule has 0 heterocycles. The Morgan fingerprint density at radius 3 is 2.42 bits per heavy atom. The van der Waals surface area contributed by atoms with Crippen molar-refractivity contribution >= 4 is 17.5 Å². The van der Waals surface area contributed by atoms with Crippen LogP contribution >= 0.6 is 11.6 Å². The minimum absolute atomic E-state index is 0.272. The van der Waals surface area contributed by atoms with Crippen LogP contribution in [0, 0.1) is 0 Å². The maximum absolute atomic E-state index is 10.7. The van der Waals surface area contributed by atoms with Crippen LogP contribution in [0.5, 0.6) is 11.5 Å². The monoisotopic (exact) mass is 286 g/mol. The predicted molar refractivity (Wildman–Crippen MR) is 74.5 cm³/mol. The van der Waals surface area contributed by atoms with Crippen LogP contribution in [0.1, 0.15) is 30.9 Å². The molecule has 6 heteroatoms. The van der Waals surface area contributed by atoms with Gasteiger partial charge < -0.3 is 20.9 Å². The van der Waals surface area contributed by atoms with Crippen LogP contribution < -0.4 is 20.9 Å². The molecule has 0 aliphatic heterocycles. The van der Waals surface area contributed by atoms with Crippen molar-refractivity contribution in [2.45, 2.75) is 25.3 Å². The molecule has 106 valence electrons. The number of hydrogen-bond donors (Lipinski definition) is 2. The Kier molecular flexibility index (Phi) is 5.92. The largest absolute Gasteiger partial charge is 0.493 e. The van der Waals surface area contributed by atoms with Crippen LogP contribution in [0.15, 0.2) is 12.1 Å². The first kappa shape index (κ1) is 15.6. The van der Waals surface area contributed by atoms with E-state index < -0.39 is 0 Å². The van der Waals surface area contributed by atoms with E-state index in [1.54, 1.807) is 26.4 Å². The summed E-state index contributed by atoms with van der Waals surface area (Å²) in [6.07, 6.45) is 1.57. The molecule has 4 N–H and O–H groups in total. The van der Waals surface area contributed by atoms with Crippen molar-refractivity contribution in [1.82, 2.24) is 0 Å². The first-order chi connectivity index (χ1) is 8.99. The van der Waals surface area contributed by atoms with E-state index in [-0.39, 0.29) is 11.9 Å². The number of halogens is 1. The SMILES string of the molecule is COc1cc(Cl)c(C(N)CCCC(N)=O)cc1OC. The van der Waals surface area contributed by atoms with Crippen LogP contribution in [0.2, 0.25) is 5.02 Å². The molecule has 1 amide bonds. The van der Waals surface area contributed by atoms with Crippen molar-refractivity contribution in [2.75, 3.05) is 14.2 Å².